The molecule has 6 nitrogen and oxygen atoms in total. The molecule has 0 aliphatic rings. The number of benzene rings is 2. The Morgan fingerprint density at radius 1 is 1.10 bits per heavy atom. The highest BCUT2D eigenvalue weighted by Gasteiger charge is 2.20. The molecule has 7 heteroatoms. The first-order valence-electron chi connectivity index (χ1n) is 9.77. The molecular formula is C22H26N4O2S. The third-order valence-corrected chi connectivity index (χ3v) is 5.48. The van der Waals surface area contributed by atoms with Gasteiger partial charge < -0.3 is 14.6 Å². The van der Waals surface area contributed by atoms with Crippen LogP contribution in [0.5, 0.6) is 5.75 Å². The van der Waals surface area contributed by atoms with Crippen LogP contribution in [0.2, 0.25) is 0 Å². The molecule has 1 amide bonds. The predicted molar refractivity (Wildman–Crippen MR) is 117 cm³/mol. The molecule has 29 heavy (non-hydrogen) atoms. The van der Waals surface area contributed by atoms with Gasteiger partial charge in [-0.2, -0.15) is 0 Å². The fourth-order valence-corrected chi connectivity index (χ4v) is 3.82. The quantitative estimate of drug-likeness (QED) is 0.529. The summed E-state index contributed by atoms with van der Waals surface area (Å²) < 4.78 is 7.50. The summed E-state index contributed by atoms with van der Waals surface area (Å²) in [6.07, 6.45) is 0.717. The summed E-state index contributed by atoms with van der Waals surface area (Å²) in [7, 11) is 0. The molecule has 0 saturated heterocycles. The lowest BCUT2D eigenvalue weighted by Gasteiger charge is -2.13. The van der Waals surface area contributed by atoms with E-state index in [1.807, 2.05) is 56.3 Å². The molecule has 0 radical (unpaired) electrons. The highest BCUT2D eigenvalue weighted by atomic mass is 32.2. The second-order valence-electron chi connectivity index (χ2n) is 6.51. The van der Waals surface area contributed by atoms with E-state index in [1.165, 1.54) is 17.3 Å². The number of carbonyl (C=O) groups excluding carboxylic acids is 1. The number of carbonyl (C=O) groups is 1. The summed E-state index contributed by atoms with van der Waals surface area (Å²) in [6.45, 7) is 7.25. The van der Waals surface area contributed by atoms with Gasteiger partial charge in [0.15, 0.2) is 5.16 Å². The molecule has 0 unspecified atom stereocenters. The Morgan fingerprint density at radius 3 is 2.48 bits per heavy atom. The molecule has 152 valence electrons. The van der Waals surface area contributed by atoms with Crippen molar-refractivity contribution >= 4 is 23.4 Å². The van der Waals surface area contributed by atoms with Crippen LogP contribution in [0.3, 0.4) is 0 Å². The fourth-order valence-electron chi connectivity index (χ4n) is 2.89. The summed E-state index contributed by atoms with van der Waals surface area (Å²) >= 11 is 1.42. The molecule has 1 atom stereocenters. The summed E-state index contributed by atoms with van der Waals surface area (Å²) in [5, 5.41) is 12.1. The maximum Gasteiger partial charge on any atom is 0.237 e. The Balaban J connectivity index is 1.63. The normalized spacial score (nSPS) is 11.8. The number of aromatic nitrogens is 3. The van der Waals surface area contributed by atoms with E-state index in [-0.39, 0.29) is 11.2 Å². The van der Waals surface area contributed by atoms with Crippen LogP contribution in [0, 0.1) is 0 Å². The minimum atomic E-state index is -0.305. The van der Waals surface area contributed by atoms with Crippen molar-refractivity contribution in [1.29, 1.82) is 0 Å². The molecule has 3 aromatic rings. The maximum atomic E-state index is 12.6. The molecule has 0 aliphatic heterocycles. The summed E-state index contributed by atoms with van der Waals surface area (Å²) in [5.74, 6) is 1.62. The van der Waals surface area contributed by atoms with Gasteiger partial charge in [-0.3, -0.25) is 4.79 Å². The molecule has 0 aliphatic carbocycles. The van der Waals surface area contributed by atoms with Crippen molar-refractivity contribution < 1.29 is 9.53 Å². The van der Waals surface area contributed by atoms with E-state index in [0.29, 0.717) is 6.61 Å². The van der Waals surface area contributed by atoms with Crippen molar-refractivity contribution in [3.05, 3.63) is 66.0 Å². The van der Waals surface area contributed by atoms with Crippen molar-refractivity contribution in [3.63, 3.8) is 0 Å². The number of rotatable bonds is 9. The minimum absolute atomic E-state index is 0.0746. The first-order chi connectivity index (χ1) is 14.1. The van der Waals surface area contributed by atoms with Crippen LogP contribution < -0.4 is 10.1 Å². The zero-order chi connectivity index (χ0) is 20.6. The topological polar surface area (TPSA) is 69.0 Å². The Hall–Kier alpha value is -2.80. The van der Waals surface area contributed by atoms with E-state index < -0.39 is 0 Å². The van der Waals surface area contributed by atoms with E-state index in [0.717, 1.165) is 35.4 Å². The Kier molecular flexibility index (Phi) is 7.30. The van der Waals surface area contributed by atoms with Crippen LogP contribution in [0.4, 0.5) is 5.69 Å². The van der Waals surface area contributed by atoms with Crippen LogP contribution in [0.15, 0.2) is 59.8 Å². The second kappa shape index (κ2) is 10.1. The van der Waals surface area contributed by atoms with Crippen LogP contribution in [0.25, 0.3) is 0 Å². The van der Waals surface area contributed by atoms with E-state index in [4.69, 9.17) is 4.74 Å². The first-order valence-corrected chi connectivity index (χ1v) is 10.6. The van der Waals surface area contributed by atoms with E-state index in [1.54, 1.807) is 0 Å². The van der Waals surface area contributed by atoms with Gasteiger partial charge >= 0.3 is 0 Å². The predicted octanol–water partition coefficient (Wildman–Crippen LogP) is 4.41. The van der Waals surface area contributed by atoms with Gasteiger partial charge in [-0.1, -0.05) is 42.1 Å². The standard InChI is InChI=1S/C22H26N4O2S/c1-4-26-20(15-17-9-7-6-8-10-17)24-25-22(26)29-16(3)21(27)23-18-11-13-19(14-12-18)28-5-2/h6-14,16H,4-5,15H2,1-3H3,(H,23,27)/t16-/m1/s1. The van der Waals surface area contributed by atoms with E-state index in [9.17, 15) is 4.79 Å². The van der Waals surface area contributed by atoms with Crippen molar-refractivity contribution in [3.8, 4) is 5.75 Å². The summed E-state index contributed by atoms with van der Waals surface area (Å²) in [5.41, 5.74) is 1.93. The number of amides is 1. The third kappa shape index (κ3) is 5.60. The Morgan fingerprint density at radius 2 is 1.83 bits per heavy atom. The number of anilines is 1. The van der Waals surface area contributed by atoms with Crippen molar-refractivity contribution in [2.24, 2.45) is 0 Å². The Bertz CT molecular complexity index is 926. The highest BCUT2D eigenvalue weighted by Crippen LogP contribution is 2.25. The van der Waals surface area contributed by atoms with Gasteiger partial charge in [0.25, 0.3) is 0 Å². The van der Waals surface area contributed by atoms with Crippen LogP contribution in [-0.4, -0.2) is 32.5 Å². The number of nitrogens with zero attached hydrogens (tertiary/aromatic N) is 3. The van der Waals surface area contributed by atoms with Crippen molar-refractivity contribution in [1.82, 2.24) is 14.8 Å². The molecule has 0 bridgehead atoms. The average Bonchev–Trinajstić information content (AvgIpc) is 3.11. The maximum absolute atomic E-state index is 12.6. The molecule has 1 aromatic heterocycles. The van der Waals surface area contributed by atoms with Gasteiger partial charge in [0, 0.05) is 18.7 Å². The molecule has 2 aromatic carbocycles. The number of ether oxygens (including phenoxy) is 1. The van der Waals surface area contributed by atoms with Gasteiger partial charge in [0.05, 0.1) is 11.9 Å². The Labute approximate surface area is 175 Å². The fraction of sp³-hybridized carbons (Fsp3) is 0.318. The smallest absolute Gasteiger partial charge is 0.237 e. The molecule has 0 saturated carbocycles. The lowest BCUT2D eigenvalue weighted by molar-refractivity contribution is -0.115. The van der Waals surface area contributed by atoms with Crippen LogP contribution >= 0.6 is 11.8 Å². The molecule has 0 fully saturated rings. The molecule has 1 N–H and O–H groups in total. The highest BCUT2D eigenvalue weighted by molar-refractivity contribution is 8.00. The lowest BCUT2D eigenvalue weighted by atomic mass is 10.1. The summed E-state index contributed by atoms with van der Waals surface area (Å²) in [6, 6.07) is 17.6. The van der Waals surface area contributed by atoms with Gasteiger partial charge in [-0.25, -0.2) is 0 Å². The molecular weight excluding hydrogens is 384 g/mol. The third-order valence-electron chi connectivity index (χ3n) is 4.40. The van der Waals surface area contributed by atoms with Crippen LogP contribution in [0.1, 0.15) is 32.2 Å². The van der Waals surface area contributed by atoms with Crippen molar-refractivity contribution in [2.75, 3.05) is 11.9 Å². The first kappa shape index (κ1) is 20.9. The number of hydrogen-bond acceptors (Lipinski definition) is 5. The number of thioether (sulfide) groups is 1. The van der Waals surface area contributed by atoms with Gasteiger partial charge in [0.1, 0.15) is 11.6 Å². The largest absolute Gasteiger partial charge is 0.494 e. The molecule has 3 rings (SSSR count). The zero-order valence-corrected chi connectivity index (χ0v) is 17.8. The van der Waals surface area contributed by atoms with Gasteiger partial charge in [0.2, 0.25) is 5.91 Å². The average molecular weight is 411 g/mol. The zero-order valence-electron chi connectivity index (χ0n) is 17.0. The number of nitrogens with one attached hydrogen (secondary N) is 1. The minimum Gasteiger partial charge on any atom is -0.494 e. The lowest BCUT2D eigenvalue weighted by Crippen LogP contribution is -2.23. The summed E-state index contributed by atoms with van der Waals surface area (Å²) in [4.78, 5) is 12.6. The number of hydrogen-bond donors (Lipinski definition) is 1. The monoisotopic (exact) mass is 410 g/mol. The van der Waals surface area contributed by atoms with Crippen LogP contribution in [-0.2, 0) is 17.8 Å². The molecule has 1 heterocycles. The SMILES string of the molecule is CCOc1ccc(NC(=O)[C@@H](C)Sc2nnc(Cc3ccccc3)n2CC)cc1. The van der Waals surface area contributed by atoms with E-state index in [2.05, 4.69) is 39.1 Å². The van der Waals surface area contributed by atoms with Gasteiger partial charge in [-0.05, 0) is 50.6 Å². The molecule has 0 spiro atoms. The van der Waals surface area contributed by atoms with Gasteiger partial charge in [-0.15, -0.1) is 10.2 Å². The van der Waals surface area contributed by atoms with Crippen molar-refractivity contribution in [2.45, 2.75) is 44.1 Å². The van der Waals surface area contributed by atoms with E-state index >= 15 is 0 Å². The second-order valence-corrected chi connectivity index (χ2v) is 7.82.